The number of fused-ring (bicyclic) bond motifs is 1. The van der Waals surface area contributed by atoms with Gasteiger partial charge in [-0.3, -0.25) is 14.9 Å². The number of benzene rings is 3. The van der Waals surface area contributed by atoms with Gasteiger partial charge in [-0.1, -0.05) is 54.9 Å². The van der Waals surface area contributed by atoms with E-state index in [1.54, 1.807) is 6.07 Å². The first kappa shape index (κ1) is 18.7. The van der Waals surface area contributed by atoms with Crippen molar-refractivity contribution in [1.82, 2.24) is 0 Å². The monoisotopic (exact) mass is 384 g/mol. The summed E-state index contributed by atoms with van der Waals surface area (Å²) in [6.07, 6.45) is -0.354. The highest BCUT2D eigenvalue weighted by molar-refractivity contribution is 6.33. The number of nitro benzene ring substituents is 1. The average Bonchev–Trinajstić information content (AvgIpc) is 2.67. The van der Waals surface area contributed by atoms with Gasteiger partial charge in [0.1, 0.15) is 5.75 Å². The smallest absolute Gasteiger partial charge is 0.271 e. The summed E-state index contributed by atoms with van der Waals surface area (Å²) in [7, 11) is 0. The molecule has 0 unspecified atom stereocenters. The highest BCUT2D eigenvalue weighted by atomic mass is 35.5. The van der Waals surface area contributed by atoms with Gasteiger partial charge in [0.25, 0.3) is 11.6 Å². The van der Waals surface area contributed by atoms with Crippen LogP contribution in [0.4, 0.5) is 11.4 Å². The van der Waals surface area contributed by atoms with Crippen molar-refractivity contribution in [3.8, 4) is 5.75 Å². The zero-order valence-corrected chi connectivity index (χ0v) is 15.3. The summed E-state index contributed by atoms with van der Waals surface area (Å²) in [6.45, 7) is 1.82. The third kappa shape index (κ3) is 4.17. The van der Waals surface area contributed by atoms with Crippen molar-refractivity contribution in [2.24, 2.45) is 0 Å². The van der Waals surface area contributed by atoms with Crippen LogP contribution in [0.3, 0.4) is 0 Å². The Balaban J connectivity index is 1.82. The van der Waals surface area contributed by atoms with Gasteiger partial charge in [0.15, 0.2) is 6.10 Å². The van der Waals surface area contributed by atoms with Crippen molar-refractivity contribution in [3.63, 3.8) is 0 Å². The first-order chi connectivity index (χ1) is 13.0. The predicted molar refractivity (Wildman–Crippen MR) is 105 cm³/mol. The quantitative estimate of drug-likeness (QED) is 0.468. The first-order valence-corrected chi connectivity index (χ1v) is 8.76. The van der Waals surface area contributed by atoms with Gasteiger partial charge in [-0.15, -0.1) is 0 Å². The second kappa shape index (κ2) is 8.05. The van der Waals surface area contributed by atoms with E-state index >= 15 is 0 Å². The number of anilines is 1. The SMILES string of the molecule is CC[C@H](Oc1cccc2ccccc12)C(=O)Nc1cc([N+](=O)[O-])ccc1Cl. The Hall–Kier alpha value is -3.12. The largest absolute Gasteiger partial charge is 0.480 e. The molecule has 0 heterocycles. The van der Waals surface area contributed by atoms with Gasteiger partial charge >= 0.3 is 0 Å². The van der Waals surface area contributed by atoms with Gasteiger partial charge in [-0.25, -0.2) is 0 Å². The number of carbonyl (C=O) groups is 1. The second-order valence-electron chi connectivity index (χ2n) is 5.90. The fraction of sp³-hybridized carbons (Fsp3) is 0.150. The molecule has 7 heteroatoms. The number of amides is 1. The minimum Gasteiger partial charge on any atom is -0.480 e. The summed E-state index contributed by atoms with van der Waals surface area (Å²) in [5.41, 5.74) is 0.0218. The van der Waals surface area contributed by atoms with Crippen molar-refractivity contribution in [2.45, 2.75) is 19.4 Å². The van der Waals surface area contributed by atoms with Gasteiger partial charge in [-0.05, 0) is 23.9 Å². The highest BCUT2D eigenvalue weighted by Gasteiger charge is 2.21. The van der Waals surface area contributed by atoms with Crippen molar-refractivity contribution in [1.29, 1.82) is 0 Å². The highest BCUT2D eigenvalue weighted by Crippen LogP contribution is 2.29. The fourth-order valence-electron chi connectivity index (χ4n) is 2.71. The number of nitro groups is 1. The normalized spacial score (nSPS) is 11.8. The zero-order valence-electron chi connectivity index (χ0n) is 14.5. The van der Waals surface area contributed by atoms with E-state index in [0.717, 1.165) is 10.8 Å². The Morgan fingerprint density at radius 3 is 2.67 bits per heavy atom. The van der Waals surface area contributed by atoms with E-state index in [1.807, 2.05) is 43.3 Å². The third-order valence-corrected chi connectivity index (χ3v) is 4.43. The molecule has 0 fully saturated rings. The molecule has 3 aromatic rings. The minimum atomic E-state index is -0.772. The Morgan fingerprint density at radius 2 is 1.93 bits per heavy atom. The lowest BCUT2D eigenvalue weighted by atomic mass is 10.1. The van der Waals surface area contributed by atoms with Crippen molar-refractivity contribution in [2.75, 3.05) is 5.32 Å². The number of halogens is 1. The Morgan fingerprint density at radius 1 is 1.19 bits per heavy atom. The number of nitrogens with zero attached hydrogens (tertiary/aromatic N) is 1. The molecule has 3 aromatic carbocycles. The maximum Gasteiger partial charge on any atom is 0.271 e. The Kier molecular flexibility index (Phi) is 5.57. The number of ether oxygens (including phenoxy) is 1. The summed E-state index contributed by atoms with van der Waals surface area (Å²) in [5.74, 6) is 0.174. The van der Waals surface area contributed by atoms with Crippen LogP contribution in [0, 0.1) is 10.1 Å². The van der Waals surface area contributed by atoms with Gasteiger partial charge in [0, 0.05) is 17.5 Å². The molecule has 138 valence electrons. The van der Waals surface area contributed by atoms with Crippen LogP contribution in [0.2, 0.25) is 5.02 Å². The van der Waals surface area contributed by atoms with E-state index in [9.17, 15) is 14.9 Å². The van der Waals surface area contributed by atoms with E-state index in [2.05, 4.69) is 5.32 Å². The van der Waals surface area contributed by atoms with E-state index < -0.39 is 16.9 Å². The second-order valence-corrected chi connectivity index (χ2v) is 6.31. The standard InChI is InChI=1S/C20H17ClN2O4/c1-2-18(27-19-9-5-7-13-6-3-4-8-15(13)19)20(24)22-17-12-14(23(25)26)10-11-16(17)21/h3-12,18H,2H2,1H3,(H,22,24)/t18-/m0/s1. The molecule has 0 spiro atoms. The number of carbonyl (C=O) groups excluding carboxylic acids is 1. The molecule has 3 rings (SSSR count). The molecule has 1 amide bonds. The van der Waals surface area contributed by atoms with Crippen LogP contribution >= 0.6 is 11.6 Å². The molecule has 0 radical (unpaired) electrons. The first-order valence-electron chi connectivity index (χ1n) is 8.39. The number of nitrogens with one attached hydrogen (secondary N) is 1. The molecule has 0 aliphatic heterocycles. The van der Waals surface area contributed by atoms with Crippen LogP contribution in [0.5, 0.6) is 5.75 Å². The molecule has 1 atom stereocenters. The summed E-state index contributed by atoms with van der Waals surface area (Å²) >= 11 is 6.05. The molecule has 1 N–H and O–H groups in total. The molecular formula is C20H17ClN2O4. The zero-order chi connectivity index (χ0) is 19.4. The molecule has 27 heavy (non-hydrogen) atoms. The summed E-state index contributed by atoms with van der Waals surface area (Å²) in [5, 5.41) is 15.7. The molecule has 0 bridgehead atoms. The van der Waals surface area contributed by atoms with Gasteiger partial charge in [-0.2, -0.15) is 0 Å². The lowest BCUT2D eigenvalue weighted by Gasteiger charge is -2.19. The van der Waals surface area contributed by atoms with Gasteiger partial charge in [0.05, 0.1) is 15.6 Å². The number of hydrogen-bond acceptors (Lipinski definition) is 4. The van der Waals surface area contributed by atoms with Crippen LogP contribution in [0.1, 0.15) is 13.3 Å². The predicted octanol–water partition coefficient (Wildman–Crippen LogP) is 5.20. The Labute approximate surface area is 160 Å². The van der Waals surface area contributed by atoms with Crippen LogP contribution in [-0.4, -0.2) is 16.9 Å². The molecule has 0 saturated heterocycles. The van der Waals surface area contributed by atoms with Crippen LogP contribution in [0.25, 0.3) is 10.8 Å². The van der Waals surface area contributed by atoms with E-state index in [1.165, 1.54) is 18.2 Å². The van der Waals surface area contributed by atoms with E-state index in [-0.39, 0.29) is 16.4 Å². The van der Waals surface area contributed by atoms with Crippen LogP contribution in [-0.2, 0) is 4.79 Å². The van der Waals surface area contributed by atoms with E-state index in [0.29, 0.717) is 12.2 Å². The Bertz CT molecular complexity index is 1000. The third-order valence-electron chi connectivity index (χ3n) is 4.10. The fourth-order valence-corrected chi connectivity index (χ4v) is 2.87. The molecule has 0 aliphatic carbocycles. The average molecular weight is 385 g/mol. The summed E-state index contributed by atoms with van der Waals surface area (Å²) < 4.78 is 5.94. The number of non-ortho nitro benzene ring substituents is 1. The topological polar surface area (TPSA) is 81.5 Å². The van der Waals surface area contributed by atoms with Crippen molar-refractivity contribution >= 4 is 39.7 Å². The number of hydrogen-bond donors (Lipinski definition) is 1. The maximum absolute atomic E-state index is 12.7. The van der Waals surface area contributed by atoms with Crippen LogP contribution < -0.4 is 10.1 Å². The van der Waals surface area contributed by atoms with E-state index in [4.69, 9.17) is 16.3 Å². The van der Waals surface area contributed by atoms with Crippen molar-refractivity contribution in [3.05, 3.63) is 75.8 Å². The molecule has 6 nitrogen and oxygen atoms in total. The molecule has 0 aromatic heterocycles. The summed E-state index contributed by atoms with van der Waals surface area (Å²) in [4.78, 5) is 23.0. The van der Waals surface area contributed by atoms with Crippen molar-refractivity contribution < 1.29 is 14.5 Å². The molecular weight excluding hydrogens is 368 g/mol. The summed E-state index contributed by atoms with van der Waals surface area (Å²) in [6, 6.07) is 17.2. The lowest BCUT2D eigenvalue weighted by Crippen LogP contribution is -2.32. The van der Waals surface area contributed by atoms with Gasteiger partial charge < -0.3 is 10.1 Å². The maximum atomic E-state index is 12.7. The molecule has 0 saturated carbocycles. The van der Waals surface area contributed by atoms with Crippen LogP contribution in [0.15, 0.2) is 60.7 Å². The molecule has 0 aliphatic rings. The minimum absolute atomic E-state index is 0.155. The number of rotatable bonds is 6. The lowest BCUT2D eigenvalue weighted by molar-refractivity contribution is -0.384. The van der Waals surface area contributed by atoms with Gasteiger partial charge in [0.2, 0.25) is 0 Å².